The second-order valence-electron chi connectivity index (χ2n) is 5.10. The Labute approximate surface area is 99.4 Å². The predicted octanol–water partition coefficient (Wildman–Crippen LogP) is 4.96. The summed E-state index contributed by atoms with van der Waals surface area (Å²) in [7, 11) is 0. The van der Waals surface area contributed by atoms with Gasteiger partial charge in [-0.2, -0.15) is 0 Å². The summed E-state index contributed by atoms with van der Waals surface area (Å²) in [4.78, 5) is 0. The van der Waals surface area contributed by atoms with Crippen LogP contribution in [0.1, 0.15) is 46.5 Å². The molecule has 0 aromatic rings. The highest BCUT2D eigenvalue weighted by Crippen LogP contribution is 2.47. The maximum Gasteiger partial charge on any atom is 0.0318 e. The number of hydrogen-bond acceptors (Lipinski definition) is 0. The number of unbranched alkanes of at least 4 members (excludes halogenated alkanes) is 1. The van der Waals surface area contributed by atoms with Gasteiger partial charge in [0.2, 0.25) is 0 Å². The minimum Gasteiger partial charge on any atom is -0.0775 e. The van der Waals surface area contributed by atoms with Gasteiger partial charge in [0.15, 0.2) is 0 Å². The Bertz CT molecular complexity index is 390. The van der Waals surface area contributed by atoms with Gasteiger partial charge < -0.3 is 0 Å². The van der Waals surface area contributed by atoms with Gasteiger partial charge >= 0.3 is 0 Å². The molecule has 0 saturated carbocycles. The maximum atomic E-state index is 2.39. The van der Waals surface area contributed by atoms with Gasteiger partial charge in [-0.15, -0.1) is 0 Å². The molecule has 1 unspecified atom stereocenters. The van der Waals surface area contributed by atoms with Gasteiger partial charge in [-0.3, -0.25) is 0 Å². The van der Waals surface area contributed by atoms with E-state index in [1.807, 2.05) is 0 Å². The third-order valence-corrected chi connectivity index (χ3v) is 3.92. The van der Waals surface area contributed by atoms with E-state index in [-0.39, 0.29) is 5.41 Å². The summed E-state index contributed by atoms with van der Waals surface area (Å²) in [5, 5.41) is 0. The highest BCUT2D eigenvalue weighted by molar-refractivity contribution is 5.52. The first-order chi connectivity index (χ1) is 7.68. The summed E-state index contributed by atoms with van der Waals surface area (Å²) in [5.41, 5.74) is 4.78. The van der Waals surface area contributed by atoms with E-state index in [0.29, 0.717) is 0 Å². The van der Waals surface area contributed by atoms with E-state index in [0.717, 1.165) is 6.42 Å². The van der Waals surface area contributed by atoms with Crippen molar-refractivity contribution in [2.24, 2.45) is 5.41 Å². The van der Waals surface area contributed by atoms with Crippen molar-refractivity contribution in [1.82, 2.24) is 0 Å². The quantitative estimate of drug-likeness (QED) is 0.620. The zero-order valence-electron chi connectivity index (χ0n) is 10.7. The minimum atomic E-state index is 0.187. The summed E-state index contributed by atoms with van der Waals surface area (Å²) in [6, 6.07) is 0. The van der Waals surface area contributed by atoms with Crippen LogP contribution in [-0.4, -0.2) is 0 Å². The summed E-state index contributed by atoms with van der Waals surface area (Å²) >= 11 is 0. The van der Waals surface area contributed by atoms with Crippen molar-refractivity contribution in [2.45, 2.75) is 46.5 Å². The Morgan fingerprint density at radius 1 is 1.31 bits per heavy atom. The second-order valence-corrected chi connectivity index (χ2v) is 5.10. The molecule has 0 aromatic heterocycles. The fourth-order valence-electron chi connectivity index (χ4n) is 2.86. The summed E-state index contributed by atoms with van der Waals surface area (Å²) in [6.45, 7) is 6.88. The summed E-state index contributed by atoms with van der Waals surface area (Å²) in [6.07, 6.45) is 16.6. The first kappa shape index (κ1) is 11.4. The van der Waals surface area contributed by atoms with Crippen LogP contribution < -0.4 is 0 Å². The Morgan fingerprint density at radius 3 is 2.75 bits per heavy atom. The number of rotatable bonds is 4. The van der Waals surface area contributed by atoms with Crippen molar-refractivity contribution in [3.05, 3.63) is 47.1 Å². The molecule has 0 spiro atoms. The van der Waals surface area contributed by atoms with Crippen molar-refractivity contribution < 1.29 is 0 Å². The zero-order valence-corrected chi connectivity index (χ0v) is 10.7. The van der Waals surface area contributed by atoms with Crippen molar-refractivity contribution in [2.75, 3.05) is 0 Å². The van der Waals surface area contributed by atoms with Gasteiger partial charge in [0.05, 0.1) is 0 Å². The monoisotopic (exact) mass is 214 g/mol. The lowest BCUT2D eigenvalue weighted by Gasteiger charge is -2.29. The van der Waals surface area contributed by atoms with E-state index >= 15 is 0 Å². The lowest BCUT2D eigenvalue weighted by molar-refractivity contribution is 0.586. The van der Waals surface area contributed by atoms with Gasteiger partial charge in [0, 0.05) is 5.41 Å². The van der Waals surface area contributed by atoms with E-state index in [9.17, 15) is 0 Å². The predicted molar refractivity (Wildman–Crippen MR) is 71.3 cm³/mol. The topological polar surface area (TPSA) is 0 Å². The molecule has 2 aliphatic carbocycles. The molecule has 0 amide bonds. The Hall–Kier alpha value is -1.04. The Morgan fingerprint density at radius 2 is 2.12 bits per heavy atom. The molecule has 16 heavy (non-hydrogen) atoms. The zero-order chi connectivity index (χ0) is 11.6. The van der Waals surface area contributed by atoms with Crippen molar-refractivity contribution in [3.8, 4) is 0 Å². The fourth-order valence-corrected chi connectivity index (χ4v) is 2.86. The molecule has 0 aromatic carbocycles. The molecule has 0 saturated heterocycles. The maximum absolute atomic E-state index is 2.39. The smallest absolute Gasteiger partial charge is 0.0318 e. The van der Waals surface area contributed by atoms with E-state index in [1.165, 1.54) is 30.4 Å². The average Bonchev–Trinajstić information content (AvgIpc) is 2.83. The van der Waals surface area contributed by atoms with Gasteiger partial charge in [0.25, 0.3) is 0 Å². The lowest BCUT2D eigenvalue weighted by Crippen LogP contribution is -2.17. The summed E-state index contributed by atoms with van der Waals surface area (Å²) in [5.74, 6) is 0. The molecule has 1 atom stereocenters. The first-order valence-corrected chi connectivity index (χ1v) is 6.45. The molecule has 0 heterocycles. The largest absolute Gasteiger partial charge is 0.0775 e. The van der Waals surface area contributed by atoms with E-state index < -0.39 is 0 Å². The Balaban J connectivity index is 2.21. The van der Waals surface area contributed by atoms with Crippen molar-refractivity contribution in [3.63, 3.8) is 0 Å². The van der Waals surface area contributed by atoms with Crippen LogP contribution in [0, 0.1) is 5.41 Å². The van der Waals surface area contributed by atoms with E-state index in [4.69, 9.17) is 0 Å². The summed E-state index contributed by atoms with van der Waals surface area (Å²) < 4.78 is 0. The van der Waals surface area contributed by atoms with Crippen LogP contribution in [-0.2, 0) is 0 Å². The molecule has 0 heteroatoms. The normalized spacial score (nSPS) is 28.1. The van der Waals surface area contributed by atoms with E-state index in [1.54, 1.807) is 5.57 Å². The highest BCUT2D eigenvalue weighted by atomic mass is 14.4. The van der Waals surface area contributed by atoms with Crippen LogP contribution >= 0.6 is 0 Å². The Kier molecular flexibility index (Phi) is 3.18. The fraction of sp³-hybridized carbons (Fsp3) is 0.500. The molecule has 86 valence electrons. The molecule has 0 bridgehead atoms. The van der Waals surface area contributed by atoms with E-state index in [2.05, 4.69) is 51.2 Å². The van der Waals surface area contributed by atoms with Gasteiger partial charge in [-0.1, -0.05) is 54.9 Å². The minimum absolute atomic E-state index is 0.187. The molecule has 0 nitrogen and oxygen atoms in total. The highest BCUT2D eigenvalue weighted by Gasteiger charge is 2.33. The van der Waals surface area contributed by atoms with Gasteiger partial charge in [0.1, 0.15) is 0 Å². The van der Waals surface area contributed by atoms with Crippen LogP contribution in [0.25, 0.3) is 0 Å². The molecule has 0 fully saturated rings. The third-order valence-electron chi connectivity index (χ3n) is 3.92. The molecular weight excluding hydrogens is 192 g/mol. The SMILES string of the molecule is CCCCC1=CC=CC1(C)C1=CCC=C1C. The average molecular weight is 214 g/mol. The standard InChI is InChI=1S/C16H22/c1-4-5-9-14-10-7-12-16(14,3)15-11-6-8-13(15)2/h7-8,10-12H,4-6,9H2,1-3H3. The van der Waals surface area contributed by atoms with Crippen LogP contribution in [0.4, 0.5) is 0 Å². The van der Waals surface area contributed by atoms with Crippen LogP contribution in [0.15, 0.2) is 47.1 Å². The molecule has 2 aliphatic rings. The van der Waals surface area contributed by atoms with Gasteiger partial charge in [-0.25, -0.2) is 0 Å². The number of hydrogen-bond donors (Lipinski definition) is 0. The molecule has 0 radical (unpaired) electrons. The van der Waals surface area contributed by atoms with Crippen LogP contribution in [0.3, 0.4) is 0 Å². The molecule has 2 rings (SSSR count). The molecule has 0 aliphatic heterocycles. The molecule has 0 N–H and O–H groups in total. The molecular formula is C16H22. The van der Waals surface area contributed by atoms with Crippen LogP contribution in [0.2, 0.25) is 0 Å². The third kappa shape index (κ3) is 1.81. The number of allylic oxidation sites excluding steroid dienone is 8. The first-order valence-electron chi connectivity index (χ1n) is 6.45. The van der Waals surface area contributed by atoms with Crippen LogP contribution in [0.5, 0.6) is 0 Å². The van der Waals surface area contributed by atoms with Gasteiger partial charge in [-0.05, 0) is 38.7 Å². The lowest BCUT2D eigenvalue weighted by atomic mass is 9.74. The van der Waals surface area contributed by atoms with Crippen molar-refractivity contribution >= 4 is 0 Å². The van der Waals surface area contributed by atoms with Crippen molar-refractivity contribution in [1.29, 1.82) is 0 Å². The second kappa shape index (κ2) is 4.45.